The highest BCUT2D eigenvalue weighted by Crippen LogP contribution is 2.26. The van der Waals surface area contributed by atoms with Crippen molar-refractivity contribution in [3.05, 3.63) is 60.2 Å². The Morgan fingerprint density at radius 3 is 2.84 bits per heavy atom. The second-order valence-corrected chi connectivity index (χ2v) is 6.59. The summed E-state index contributed by atoms with van der Waals surface area (Å²) in [7, 11) is 1.69. The van der Waals surface area contributed by atoms with Gasteiger partial charge in [0.25, 0.3) is 0 Å². The van der Waals surface area contributed by atoms with E-state index in [9.17, 15) is 4.79 Å². The van der Waals surface area contributed by atoms with Gasteiger partial charge in [-0.15, -0.1) is 0 Å². The first-order valence-electron chi connectivity index (χ1n) is 8.94. The molecule has 3 rings (SSSR count). The van der Waals surface area contributed by atoms with Gasteiger partial charge in [-0.1, -0.05) is 36.4 Å². The summed E-state index contributed by atoms with van der Waals surface area (Å²) in [6, 6.07) is 18.3. The standard InChI is InChI=1S/C21H26N2O2/c1-25-20-9-5-8-19(14-20)23-13-12-18(16-23)15-22-21(24)11-10-17-6-3-2-4-7-17/h2-9,14,18H,10-13,15-16H2,1H3,(H,22,24)/t18-/m0/s1. The van der Waals surface area contributed by atoms with Crippen LogP contribution in [0.15, 0.2) is 54.6 Å². The van der Waals surface area contributed by atoms with Gasteiger partial charge in [0.2, 0.25) is 5.91 Å². The summed E-state index contributed by atoms with van der Waals surface area (Å²) in [5, 5.41) is 3.10. The Balaban J connectivity index is 1.41. The number of nitrogens with one attached hydrogen (secondary N) is 1. The van der Waals surface area contributed by atoms with Crippen molar-refractivity contribution >= 4 is 11.6 Å². The van der Waals surface area contributed by atoms with Crippen LogP contribution in [-0.2, 0) is 11.2 Å². The molecule has 132 valence electrons. The number of benzene rings is 2. The van der Waals surface area contributed by atoms with Crippen molar-refractivity contribution in [1.82, 2.24) is 5.32 Å². The van der Waals surface area contributed by atoms with Crippen LogP contribution < -0.4 is 15.0 Å². The van der Waals surface area contributed by atoms with Crippen molar-refractivity contribution in [3.63, 3.8) is 0 Å². The average molecular weight is 338 g/mol. The van der Waals surface area contributed by atoms with Crippen LogP contribution in [0.1, 0.15) is 18.4 Å². The van der Waals surface area contributed by atoms with Gasteiger partial charge in [0.05, 0.1) is 7.11 Å². The number of anilines is 1. The van der Waals surface area contributed by atoms with Crippen LogP contribution in [0, 0.1) is 5.92 Å². The van der Waals surface area contributed by atoms with Crippen LogP contribution in [0.25, 0.3) is 0 Å². The minimum absolute atomic E-state index is 0.142. The van der Waals surface area contributed by atoms with Gasteiger partial charge in [-0.2, -0.15) is 0 Å². The maximum atomic E-state index is 12.1. The molecule has 0 unspecified atom stereocenters. The minimum atomic E-state index is 0.142. The van der Waals surface area contributed by atoms with E-state index in [1.807, 2.05) is 30.3 Å². The first kappa shape index (κ1) is 17.3. The summed E-state index contributed by atoms with van der Waals surface area (Å²) in [5.41, 5.74) is 2.40. The molecule has 0 saturated carbocycles. The third-order valence-corrected chi connectivity index (χ3v) is 4.78. The lowest BCUT2D eigenvalue weighted by atomic mass is 10.1. The Morgan fingerprint density at radius 2 is 2.04 bits per heavy atom. The maximum Gasteiger partial charge on any atom is 0.220 e. The van der Waals surface area contributed by atoms with Gasteiger partial charge in [-0.3, -0.25) is 4.79 Å². The summed E-state index contributed by atoms with van der Waals surface area (Å²) >= 11 is 0. The lowest BCUT2D eigenvalue weighted by Gasteiger charge is -2.19. The Labute approximate surface area is 149 Å². The number of rotatable bonds is 7. The van der Waals surface area contributed by atoms with Crippen LogP contribution in [0.3, 0.4) is 0 Å². The van der Waals surface area contributed by atoms with Gasteiger partial charge < -0.3 is 15.0 Å². The number of carbonyl (C=O) groups excluding carboxylic acids is 1. The average Bonchev–Trinajstić information content (AvgIpc) is 3.15. The molecule has 1 N–H and O–H groups in total. The van der Waals surface area contributed by atoms with E-state index in [-0.39, 0.29) is 5.91 Å². The molecule has 2 aromatic carbocycles. The predicted octanol–water partition coefficient (Wildman–Crippen LogP) is 3.27. The molecule has 1 saturated heterocycles. The first-order chi connectivity index (χ1) is 12.2. The number of amides is 1. The lowest BCUT2D eigenvalue weighted by Crippen LogP contribution is -2.31. The van der Waals surface area contributed by atoms with Gasteiger partial charge in [0.1, 0.15) is 5.75 Å². The van der Waals surface area contributed by atoms with Gasteiger partial charge in [-0.25, -0.2) is 0 Å². The normalized spacial score (nSPS) is 16.7. The summed E-state index contributed by atoms with van der Waals surface area (Å²) < 4.78 is 5.30. The zero-order valence-electron chi connectivity index (χ0n) is 14.8. The van der Waals surface area contributed by atoms with Crippen molar-refractivity contribution in [2.45, 2.75) is 19.3 Å². The quantitative estimate of drug-likeness (QED) is 0.842. The van der Waals surface area contributed by atoms with E-state index in [1.54, 1.807) is 7.11 Å². The SMILES string of the molecule is COc1cccc(N2CC[C@@H](CNC(=O)CCc3ccccc3)C2)c1. The summed E-state index contributed by atoms with van der Waals surface area (Å²) in [6.07, 6.45) is 2.46. The molecule has 4 heteroatoms. The Bertz CT molecular complexity index is 687. The van der Waals surface area contributed by atoms with E-state index >= 15 is 0 Å². The molecule has 2 aromatic rings. The molecule has 1 fully saturated rings. The molecular formula is C21H26N2O2. The Morgan fingerprint density at radius 1 is 1.20 bits per heavy atom. The molecule has 0 aliphatic carbocycles. The zero-order chi connectivity index (χ0) is 17.5. The highest BCUT2D eigenvalue weighted by Gasteiger charge is 2.23. The fraction of sp³-hybridized carbons (Fsp3) is 0.381. The zero-order valence-corrected chi connectivity index (χ0v) is 14.8. The predicted molar refractivity (Wildman–Crippen MR) is 101 cm³/mol. The number of hydrogen-bond donors (Lipinski definition) is 1. The largest absolute Gasteiger partial charge is 0.497 e. The smallest absolute Gasteiger partial charge is 0.220 e. The number of methoxy groups -OCH3 is 1. The molecule has 0 radical (unpaired) electrons. The molecule has 1 aliphatic rings. The third kappa shape index (κ3) is 4.99. The molecule has 0 aromatic heterocycles. The Hall–Kier alpha value is -2.49. The van der Waals surface area contributed by atoms with Gasteiger partial charge in [0.15, 0.2) is 0 Å². The van der Waals surface area contributed by atoms with Gasteiger partial charge in [-0.05, 0) is 36.5 Å². The topological polar surface area (TPSA) is 41.6 Å². The molecule has 25 heavy (non-hydrogen) atoms. The number of carbonyl (C=O) groups is 1. The van der Waals surface area contributed by atoms with Gasteiger partial charge >= 0.3 is 0 Å². The molecular weight excluding hydrogens is 312 g/mol. The number of ether oxygens (including phenoxy) is 1. The van der Waals surface area contributed by atoms with E-state index in [0.717, 1.165) is 38.2 Å². The van der Waals surface area contributed by atoms with Crippen molar-refractivity contribution in [2.24, 2.45) is 5.92 Å². The van der Waals surface area contributed by atoms with Crippen molar-refractivity contribution in [1.29, 1.82) is 0 Å². The number of aryl methyl sites for hydroxylation is 1. The van der Waals surface area contributed by atoms with Crippen molar-refractivity contribution in [2.75, 3.05) is 31.6 Å². The lowest BCUT2D eigenvalue weighted by molar-refractivity contribution is -0.121. The summed E-state index contributed by atoms with van der Waals surface area (Å²) in [5.74, 6) is 1.53. The first-order valence-corrected chi connectivity index (χ1v) is 8.94. The van der Waals surface area contributed by atoms with Crippen LogP contribution >= 0.6 is 0 Å². The maximum absolute atomic E-state index is 12.1. The van der Waals surface area contributed by atoms with Crippen LogP contribution in [0.4, 0.5) is 5.69 Å². The fourth-order valence-corrected chi connectivity index (χ4v) is 3.29. The van der Waals surface area contributed by atoms with Crippen molar-refractivity contribution < 1.29 is 9.53 Å². The highest BCUT2D eigenvalue weighted by atomic mass is 16.5. The highest BCUT2D eigenvalue weighted by molar-refractivity contribution is 5.76. The molecule has 0 bridgehead atoms. The van der Waals surface area contributed by atoms with Crippen molar-refractivity contribution in [3.8, 4) is 5.75 Å². The summed E-state index contributed by atoms with van der Waals surface area (Å²) in [6.45, 7) is 2.76. The van der Waals surface area contributed by atoms with Gasteiger partial charge in [0, 0.05) is 37.8 Å². The summed E-state index contributed by atoms with van der Waals surface area (Å²) in [4.78, 5) is 14.4. The second-order valence-electron chi connectivity index (χ2n) is 6.59. The van der Waals surface area contributed by atoms with E-state index in [0.29, 0.717) is 12.3 Å². The van der Waals surface area contributed by atoms with E-state index in [2.05, 4.69) is 34.5 Å². The fourth-order valence-electron chi connectivity index (χ4n) is 3.29. The van der Waals surface area contributed by atoms with Crippen LogP contribution in [-0.4, -0.2) is 32.7 Å². The Kier molecular flexibility index (Phi) is 5.94. The second kappa shape index (κ2) is 8.56. The number of nitrogens with zero attached hydrogens (tertiary/aromatic N) is 1. The molecule has 4 nitrogen and oxygen atoms in total. The van der Waals surface area contributed by atoms with Crippen LogP contribution in [0.2, 0.25) is 0 Å². The minimum Gasteiger partial charge on any atom is -0.497 e. The molecule has 1 aliphatic heterocycles. The monoisotopic (exact) mass is 338 g/mol. The van der Waals surface area contributed by atoms with E-state index < -0.39 is 0 Å². The molecule has 1 atom stereocenters. The number of hydrogen-bond acceptors (Lipinski definition) is 3. The molecule has 0 spiro atoms. The molecule has 1 amide bonds. The van der Waals surface area contributed by atoms with E-state index in [4.69, 9.17) is 4.74 Å². The van der Waals surface area contributed by atoms with E-state index in [1.165, 1.54) is 11.3 Å². The third-order valence-electron chi connectivity index (χ3n) is 4.78. The molecule has 1 heterocycles. The van der Waals surface area contributed by atoms with Crippen LogP contribution in [0.5, 0.6) is 5.75 Å².